The van der Waals surface area contributed by atoms with E-state index in [-0.39, 0.29) is 5.84 Å². The predicted octanol–water partition coefficient (Wildman–Crippen LogP) is 0.527. The molecule has 0 amide bonds. The van der Waals surface area contributed by atoms with Gasteiger partial charge < -0.3 is 20.9 Å². The number of aliphatic hydroxyl groups is 1. The third-order valence-corrected chi connectivity index (χ3v) is 3.15. The van der Waals surface area contributed by atoms with Crippen molar-refractivity contribution in [2.45, 2.75) is 25.4 Å². The molecule has 2 heterocycles. The molecular formula is C12H18N4O2. The molecule has 1 unspecified atom stereocenters. The van der Waals surface area contributed by atoms with E-state index in [2.05, 4.69) is 10.1 Å². The number of β-amino-alcohol motifs (C(OH)–C–C–N with tert-alkyl or cyclic N) is 1. The van der Waals surface area contributed by atoms with Crippen molar-refractivity contribution >= 4 is 11.7 Å². The zero-order valence-corrected chi connectivity index (χ0v) is 10.4. The number of rotatable bonds is 2. The quantitative estimate of drug-likeness (QED) is 0.308. The fraction of sp³-hybridized carbons (Fsp3) is 0.500. The minimum atomic E-state index is -0.688. The first-order valence-electron chi connectivity index (χ1n) is 5.93. The minimum Gasteiger partial charge on any atom is -0.409 e. The molecule has 1 aromatic rings. The molecule has 0 spiro atoms. The van der Waals surface area contributed by atoms with Crippen molar-refractivity contribution in [2.24, 2.45) is 10.9 Å². The molecule has 1 fully saturated rings. The van der Waals surface area contributed by atoms with E-state index in [1.165, 1.54) is 0 Å². The number of aromatic nitrogens is 1. The SMILES string of the molecule is CC1(O)CCCN(c2cc(/C(N)=N/O)ccn2)C1. The van der Waals surface area contributed by atoms with Crippen molar-refractivity contribution in [1.29, 1.82) is 0 Å². The van der Waals surface area contributed by atoms with Crippen LogP contribution in [-0.2, 0) is 0 Å². The first-order chi connectivity index (χ1) is 8.52. The second-order valence-electron chi connectivity index (χ2n) is 4.91. The summed E-state index contributed by atoms with van der Waals surface area (Å²) in [6.45, 7) is 3.22. The number of piperidine rings is 1. The van der Waals surface area contributed by atoms with Gasteiger partial charge in [-0.05, 0) is 31.9 Å². The Morgan fingerprint density at radius 3 is 3.06 bits per heavy atom. The number of amidine groups is 1. The lowest BCUT2D eigenvalue weighted by atomic mass is 9.95. The number of anilines is 1. The summed E-state index contributed by atoms with van der Waals surface area (Å²) in [5.41, 5.74) is 5.48. The van der Waals surface area contributed by atoms with E-state index in [1.807, 2.05) is 11.8 Å². The molecule has 1 aromatic heterocycles. The summed E-state index contributed by atoms with van der Waals surface area (Å²) in [7, 11) is 0. The molecule has 18 heavy (non-hydrogen) atoms. The molecule has 0 radical (unpaired) electrons. The molecule has 6 nitrogen and oxygen atoms in total. The predicted molar refractivity (Wildman–Crippen MR) is 68.8 cm³/mol. The molecule has 6 heteroatoms. The lowest BCUT2D eigenvalue weighted by Gasteiger charge is -2.37. The average Bonchev–Trinajstić information content (AvgIpc) is 2.37. The third-order valence-electron chi connectivity index (χ3n) is 3.15. The van der Waals surface area contributed by atoms with Crippen molar-refractivity contribution in [3.05, 3.63) is 23.9 Å². The standard InChI is InChI=1S/C12H18N4O2/c1-12(17)4-2-6-16(8-12)10-7-9(3-5-14-10)11(13)15-18/h3,5,7,17-18H,2,4,6,8H2,1H3,(H2,13,15). The molecule has 1 aliphatic rings. The lowest BCUT2D eigenvalue weighted by molar-refractivity contribution is 0.0447. The Labute approximate surface area is 106 Å². The van der Waals surface area contributed by atoms with Crippen LogP contribution in [0.3, 0.4) is 0 Å². The second-order valence-corrected chi connectivity index (χ2v) is 4.91. The van der Waals surface area contributed by atoms with Crippen LogP contribution in [0, 0.1) is 0 Å². The second kappa shape index (κ2) is 4.81. The molecule has 0 aliphatic carbocycles. The van der Waals surface area contributed by atoms with Gasteiger partial charge in [-0.1, -0.05) is 5.16 Å². The van der Waals surface area contributed by atoms with Crippen molar-refractivity contribution in [3.63, 3.8) is 0 Å². The van der Waals surface area contributed by atoms with E-state index < -0.39 is 5.60 Å². The van der Waals surface area contributed by atoms with Gasteiger partial charge in [0, 0.05) is 24.8 Å². The maximum Gasteiger partial charge on any atom is 0.170 e. The highest BCUT2D eigenvalue weighted by Gasteiger charge is 2.29. The summed E-state index contributed by atoms with van der Waals surface area (Å²) in [5.74, 6) is 0.793. The molecule has 0 saturated carbocycles. The zero-order chi connectivity index (χ0) is 13.2. The minimum absolute atomic E-state index is 0.0578. The highest BCUT2D eigenvalue weighted by Crippen LogP contribution is 2.24. The van der Waals surface area contributed by atoms with Gasteiger partial charge in [0.2, 0.25) is 0 Å². The van der Waals surface area contributed by atoms with Crippen LogP contribution in [0.15, 0.2) is 23.5 Å². The van der Waals surface area contributed by atoms with E-state index in [0.717, 1.165) is 25.2 Å². The zero-order valence-electron chi connectivity index (χ0n) is 10.4. The fourth-order valence-corrected chi connectivity index (χ4v) is 2.22. The smallest absolute Gasteiger partial charge is 0.170 e. The molecule has 1 aliphatic heterocycles. The van der Waals surface area contributed by atoms with E-state index in [9.17, 15) is 5.11 Å². The van der Waals surface area contributed by atoms with Crippen molar-refractivity contribution in [3.8, 4) is 0 Å². The third kappa shape index (κ3) is 2.70. The molecule has 2 rings (SSSR count). The molecule has 0 aromatic carbocycles. The summed E-state index contributed by atoms with van der Waals surface area (Å²) < 4.78 is 0. The summed E-state index contributed by atoms with van der Waals surface area (Å²) in [6, 6.07) is 3.44. The van der Waals surface area contributed by atoms with Crippen molar-refractivity contribution in [1.82, 2.24) is 4.98 Å². The van der Waals surface area contributed by atoms with Crippen LogP contribution in [0.25, 0.3) is 0 Å². The van der Waals surface area contributed by atoms with E-state index in [4.69, 9.17) is 10.9 Å². The number of pyridine rings is 1. The molecule has 1 saturated heterocycles. The van der Waals surface area contributed by atoms with E-state index in [1.54, 1.807) is 18.3 Å². The molecular weight excluding hydrogens is 232 g/mol. The Morgan fingerprint density at radius 2 is 2.39 bits per heavy atom. The number of hydrogen-bond donors (Lipinski definition) is 3. The fourth-order valence-electron chi connectivity index (χ4n) is 2.22. The molecule has 1 atom stereocenters. The van der Waals surface area contributed by atoms with Crippen LogP contribution < -0.4 is 10.6 Å². The van der Waals surface area contributed by atoms with Crippen LogP contribution >= 0.6 is 0 Å². The Morgan fingerprint density at radius 1 is 1.61 bits per heavy atom. The number of oxime groups is 1. The van der Waals surface area contributed by atoms with Crippen LogP contribution in [0.1, 0.15) is 25.3 Å². The van der Waals surface area contributed by atoms with Crippen molar-refractivity contribution < 1.29 is 10.3 Å². The van der Waals surface area contributed by atoms with Gasteiger partial charge in [0.25, 0.3) is 0 Å². The van der Waals surface area contributed by atoms with Gasteiger partial charge in [-0.15, -0.1) is 0 Å². The first kappa shape index (κ1) is 12.6. The number of nitrogens with zero attached hydrogens (tertiary/aromatic N) is 3. The summed E-state index contributed by atoms with van der Waals surface area (Å²) in [6.07, 6.45) is 3.33. The Kier molecular flexibility index (Phi) is 3.38. The van der Waals surface area contributed by atoms with Crippen molar-refractivity contribution in [2.75, 3.05) is 18.0 Å². The van der Waals surface area contributed by atoms with Gasteiger partial charge in [0.1, 0.15) is 5.82 Å². The summed E-state index contributed by atoms with van der Waals surface area (Å²) >= 11 is 0. The van der Waals surface area contributed by atoms with E-state index >= 15 is 0 Å². The summed E-state index contributed by atoms with van der Waals surface area (Å²) in [4.78, 5) is 6.28. The molecule has 98 valence electrons. The van der Waals surface area contributed by atoms with Crippen LogP contribution in [0.4, 0.5) is 5.82 Å². The van der Waals surface area contributed by atoms with Gasteiger partial charge in [0.15, 0.2) is 5.84 Å². The Hall–Kier alpha value is -1.82. The normalized spacial score (nSPS) is 25.2. The monoisotopic (exact) mass is 250 g/mol. The van der Waals surface area contributed by atoms with E-state index in [0.29, 0.717) is 12.1 Å². The topological polar surface area (TPSA) is 95.0 Å². The highest BCUT2D eigenvalue weighted by atomic mass is 16.4. The highest BCUT2D eigenvalue weighted by molar-refractivity contribution is 5.97. The van der Waals surface area contributed by atoms with Gasteiger partial charge in [0.05, 0.1) is 5.60 Å². The van der Waals surface area contributed by atoms with Gasteiger partial charge in [-0.2, -0.15) is 0 Å². The largest absolute Gasteiger partial charge is 0.409 e. The summed E-state index contributed by atoms with van der Waals surface area (Å²) in [5, 5.41) is 21.7. The van der Waals surface area contributed by atoms with Gasteiger partial charge >= 0.3 is 0 Å². The van der Waals surface area contributed by atoms with Crippen LogP contribution in [0.5, 0.6) is 0 Å². The first-order valence-corrected chi connectivity index (χ1v) is 5.93. The number of nitrogens with two attached hydrogens (primary N) is 1. The Balaban J connectivity index is 2.23. The average molecular weight is 250 g/mol. The molecule has 0 bridgehead atoms. The molecule has 4 N–H and O–H groups in total. The maximum absolute atomic E-state index is 10.1. The maximum atomic E-state index is 10.1. The van der Waals surface area contributed by atoms with Gasteiger partial charge in [-0.3, -0.25) is 0 Å². The van der Waals surface area contributed by atoms with Crippen LogP contribution in [0.2, 0.25) is 0 Å². The van der Waals surface area contributed by atoms with Gasteiger partial charge in [-0.25, -0.2) is 4.98 Å². The van der Waals surface area contributed by atoms with Crippen LogP contribution in [-0.4, -0.2) is 39.8 Å². The lowest BCUT2D eigenvalue weighted by Crippen LogP contribution is -2.46. The Bertz CT molecular complexity index is 459. The number of hydrogen-bond acceptors (Lipinski definition) is 5.